The Bertz CT molecular complexity index is 1050. The van der Waals surface area contributed by atoms with Crippen molar-refractivity contribution in [2.45, 2.75) is 50.0 Å². The number of amides is 3. The van der Waals surface area contributed by atoms with Gasteiger partial charge in [0.05, 0.1) is 11.5 Å². The Kier molecular flexibility index (Phi) is 7.63. The van der Waals surface area contributed by atoms with Crippen molar-refractivity contribution in [2.75, 3.05) is 26.8 Å². The number of pyridine rings is 1. The number of ether oxygens (including phenoxy) is 1. The summed E-state index contributed by atoms with van der Waals surface area (Å²) < 4.78 is 5.09. The number of halogens is 1. The molecule has 1 aromatic heterocycles. The molecule has 0 radical (unpaired) electrons. The molecule has 34 heavy (non-hydrogen) atoms. The van der Waals surface area contributed by atoms with Crippen LogP contribution in [0.2, 0.25) is 5.02 Å². The second-order valence-corrected chi connectivity index (χ2v) is 9.40. The van der Waals surface area contributed by atoms with Crippen molar-refractivity contribution < 1.29 is 19.1 Å². The topological polar surface area (TPSA) is 79.8 Å². The molecule has 0 N–H and O–H groups in total. The Morgan fingerprint density at radius 1 is 1.21 bits per heavy atom. The second-order valence-electron chi connectivity index (χ2n) is 9.00. The number of aromatic nitrogens is 1. The van der Waals surface area contributed by atoms with Gasteiger partial charge in [-0.25, -0.2) is 0 Å². The molecule has 2 aliphatic heterocycles. The van der Waals surface area contributed by atoms with E-state index >= 15 is 0 Å². The Labute approximate surface area is 205 Å². The number of nitrogens with zero attached hydrogens (tertiary/aromatic N) is 3. The largest absolute Gasteiger partial charge is 0.385 e. The van der Waals surface area contributed by atoms with E-state index in [9.17, 15) is 14.4 Å². The molecule has 180 valence electrons. The normalized spacial score (nSPS) is 22.9. The van der Waals surface area contributed by atoms with Crippen LogP contribution < -0.4 is 0 Å². The van der Waals surface area contributed by atoms with Crippen LogP contribution in [0.4, 0.5) is 0 Å². The van der Waals surface area contributed by atoms with Gasteiger partial charge in [0, 0.05) is 57.1 Å². The Morgan fingerprint density at radius 3 is 2.76 bits per heavy atom. The Hall–Kier alpha value is -2.77. The summed E-state index contributed by atoms with van der Waals surface area (Å²) in [5, 5.41) is 0.387. The molecule has 1 aromatic carbocycles. The molecule has 2 fully saturated rings. The number of methoxy groups -OCH3 is 1. The lowest BCUT2D eigenvalue weighted by Gasteiger charge is -2.38. The molecule has 2 saturated heterocycles. The van der Waals surface area contributed by atoms with E-state index in [-0.39, 0.29) is 43.1 Å². The van der Waals surface area contributed by atoms with Gasteiger partial charge in [0.25, 0.3) is 0 Å². The zero-order chi connectivity index (χ0) is 24.1. The van der Waals surface area contributed by atoms with Crippen molar-refractivity contribution in [2.24, 2.45) is 0 Å². The van der Waals surface area contributed by atoms with Crippen molar-refractivity contribution >= 4 is 29.3 Å². The molecule has 2 aliphatic rings. The third-order valence-corrected chi connectivity index (χ3v) is 7.20. The molecule has 3 amide bonds. The number of hydrogen-bond donors (Lipinski definition) is 0. The maximum atomic E-state index is 13.8. The first-order chi connectivity index (χ1) is 16.5. The number of imide groups is 1. The summed E-state index contributed by atoms with van der Waals surface area (Å²) in [6, 6.07) is 10.8. The summed E-state index contributed by atoms with van der Waals surface area (Å²) in [6.07, 6.45) is 6.63. The molecule has 0 aliphatic carbocycles. The van der Waals surface area contributed by atoms with E-state index in [1.54, 1.807) is 43.8 Å². The molecule has 8 heteroatoms. The minimum atomic E-state index is -1.31. The molecule has 0 bridgehead atoms. The molecule has 7 nitrogen and oxygen atoms in total. The Balaban J connectivity index is 1.67. The standard InChI is InChI=1S/C26H30ClN3O4/c1-34-15-7-14-30-24(32)17-26(25(30)33,20-9-2-3-10-21(20)27)16-23(31)29-13-5-4-11-22(29)19-8-6-12-28-18-19/h2-3,6,8-10,12,18,22H,4-5,7,11,13-17H2,1H3/t22-,26-/m1/s1. The highest BCUT2D eigenvalue weighted by Crippen LogP contribution is 2.44. The summed E-state index contributed by atoms with van der Waals surface area (Å²) in [5.74, 6) is -0.783. The fourth-order valence-corrected chi connectivity index (χ4v) is 5.51. The van der Waals surface area contributed by atoms with Crippen LogP contribution in [0.1, 0.15) is 55.7 Å². The number of carbonyl (C=O) groups excluding carboxylic acids is 3. The monoisotopic (exact) mass is 483 g/mol. The Morgan fingerprint density at radius 2 is 2.03 bits per heavy atom. The fraction of sp³-hybridized carbons (Fsp3) is 0.462. The van der Waals surface area contributed by atoms with Crippen molar-refractivity contribution in [1.29, 1.82) is 0 Å². The maximum Gasteiger partial charge on any atom is 0.240 e. The quantitative estimate of drug-likeness (QED) is 0.420. The zero-order valence-electron chi connectivity index (χ0n) is 19.4. The van der Waals surface area contributed by atoms with Crippen LogP contribution in [0.25, 0.3) is 0 Å². The number of likely N-dealkylation sites (tertiary alicyclic amines) is 2. The predicted octanol–water partition coefficient (Wildman–Crippen LogP) is 3.91. The SMILES string of the molecule is COCCCN1C(=O)C[C@](CC(=O)N2CCCC[C@@H]2c2cccnc2)(c2ccccc2Cl)C1=O. The maximum absolute atomic E-state index is 13.8. The van der Waals surface area contributed by atoms with E-state index in [4.69, 9.17) is 16.3 Å². The summed E-state index contributed by atoms with van der Waals surface area (Å²) in [5.41, 5.74) is 0.209. The number of carbonyl (C=O) groups is 3. The molecular formula is C26H30ClN3O4. The van der Waals surface area contributed by atoms with E-state index in [0.717, 1.165) is 24.8 Å². The molecule has 0 unspecified atom stereocenters. The van der Waals surface area contributed by atoms with Gasteiger partial charge in [0.15, 0.2) is 0 Å². The van der Waals surface area contributed by atoms with Crippen LogP contribution >= 0.6 is 11.6 Å². The minimum Gasteiger partial charge on any atom is -0.385 e. The van der Waals surface area contributed by atoms with Crippen LogP contribution in [-0.4, -0.2) is 59.3 Å². The molecule has 2 atom stereocenters. The average Bonchev–Trinajstić information content (AvgIpc) is 3.09. The van der Waals surface area contributed by atoms with E-state index < -0.39 is 5.41 Å². The fourth-order valence-electron chi connectivity index (χ4n) is 5.20. The smallest absolute Gasteiger partial charge is 0.240 e. The van der Waals surface area contributed by atoms with Gasteiger partial charge in [0.1, 0.15) is 0 Å². The van der Waals surface area contributed by atoms with Crippen LogP contribution in [0.5, 0.6) is 0 Å². The number of hydrogen-bond acceptors (Lipinski definition) is 5. The molecule has 4 rings (SSSR count). The van der Waals surface area contributed by atoms with Gasteiger partial charge in [-0.3, -0.25) is 24.3 Å². The van der Waals surface area contributed by atoms with Crippen LogP contribution in [0.3, 0.4) is 0 Å². The van der Waals surface area contributed by atoms with Crippen molar-refractivity contribution in [3.8, 4) is 0 Å². The summed E-state index contributed by atoms with van der Waals surface area (Å²) in [6.45, 7) is 1.31. The van der Waals surface area contributed by atoms with Gasteiger partial charge in [-0.2, -0.15) is 0 Å². The molecule has 2 aromatic rings. The van der Waals surface area contributed by atoms with Gasteiger partial charge >= 0.3 is 0 Å². The summed E-state index contributed by atoms with van der Waals surface area (Å²) in [4.78, 5) is 47.9. The predicted molar refractivity (Wildman–Crippen MR) is 128 cm³/mol. The average molecular weight is 484 g/mol. The van der Waals surface area contributed by atoms with Gasteiger partial charge in [-0.15, -0.1) is 0 Å². The van der Waals surface area contributed by atoms with Gasteiger partial charge in [-0.1, -0.05) is 35.9 Å². The van der Waals surface area contributed by atoms with Gasteiger partial charge in [0.2, 0.25) is 17.7 Å². The first-order valence-corrected chi connectivity index (χ1v) is 12.1. The van der Waals surface area contributed by atoms with Crippen molar-refractivity contribution in [3.05, 3.63) is 64.9 Å². The lowest BCUT2D eigenvalue weighted by molar-refractivity contribution is -0.144. The van der Waals surface area contributed by atoms with Gasteiger partial charge < -0.3 is 9.64 Å². The first kappa shape index (κ1) is 24.4. The first-order valence-electron chi connectivity index (χ1n) is 11.8. The van der Waals surface area contributed by atoms with Gasteiger partial charge in [-0.05, 0) is 48.9 Å². The van der Waals surface area contributed by atoms with Crippen LogP contribution in [0, 0.1) is 0 Å². The van der Waals surface area contributed by atoms with Crippen LogP contribution in [0.15, 0.2) is 48.8 Å². The zero-order valence-corrected chi connectivity index (χ0v) is 20.2. The van der Waals surface area contributed by atoms with Crippen molar-refractivity contribution in [1.82, 2.24) is 14.8 Å². The lowest BCUT2D eigenvalue weighted by Crippen LogP contribution is -2.46. The molecule has 0 spiro atoms. The molecule has 0 saturated carbocycles. The summed E-state index contributed by atoms with van der Waals surface area (Å²) in [7, 11) is 1.58. The number of rotatable bonds is 8. The molecule has 3 heterocycles. The van der Waals surface area contributed by atoms with E-state index in [0.29, 0.717) is 30.2 Å². The highest BCUT2D eigenvalue weighted by atomic mass is 35.5. The number of piperidine rings is 1. The van der Waals surface area contributed by atoms with Crippen LogP contribution in [-0.2, 0) is 24.5 Å². The molecular weight excluding hydrogens is 454 g/mol. The van der Waals surface area contributed by atoms with E-state index in [1.165, 1.54) is 4.90 Å². The lowest BCUT2D eigenvalue weighted by atomic mass is 9.75. The minimum absolute atomic E-state index is 0.0698. The highest BCUT2D eigenvalue weighted by Gasteiger charge is 2.55. The second kappa shape index (κ2) is 10.7. The highest BCUT2D eigenvalue weighted by molar-refractivity contribution is 6.32. The summed E-state index contributed by atoms with van der Waals surface area (Å²) >= 11 is 6.54. The van der Waals surface area contributed by atoms with Crippen molar-refractivity contribution in [3.63, 3.8) is 0 Å². The van der Waals surface area contributed by atoms with E-state index in [2.05, 4.69) is 4.98 Å². The number of benzene rings is 1. The third-order valence-electron chi connectivity index (χ3n) is 6.87. The third kappa shape index (κ3) is 4.72. The van der Waals surface area contributed by atoms with E-state index in [1.807, 2.05) is 17.0 Å².